The largest absolute Gasteiger partial charge is 0.489 e. The Kier molecular flexibility index (Phi) is 7.30. The maximum atomic E-state index is 10.6. The summed E-state index contributed by atoms with van der Waals surface area (Å²) < 4.78 is 6.14. The maximum Gasteiger partial charge on any atom is 0.303 e. The maximum absolute atomic E-state index is 10.6. The Balaban J connectivity index is 1.67. The number of aryl methyl sites for hydroxylation is 2. The van der Waals surface area contributed by atoms with Gasteiger partial charge >= 0.3 is 5.97 Å². The summed E-state index contributed by atoms with van der Waals surface area (Å²) in [5.41, 5.74) is 6.76. The zero-order valence-electron chi connectivity index (χ0n) is 16.7. The number of aliphatic carboxylic acids is 1. The molecule has 0 aliphatic heterocycles. The topological polar surface area (TPSA) is 46.5 Å². The normalized spacial score (nSPS) is 14.6. The number of rotatable bonds is 8. The number of carboxylic acid groups (broad SMARTS) is 1. The molecular weight excluding hydrogens is 348 g/mol. The molecule has 0 aromatic heterocycles. The molecule has 0 radical (unpaired) electrons. The van der Waals surface area contributed by atoms with Crippen molar-refractivity contribution in [1.82, 2.24) is 0 Å². The summed E-state index contributed by atoms with van der Waals surface area (Å²) in [4.78, 5) is 10.6. The van der Waals surface area contributed by atoms with E-state index in [2.05, 4.69) is 31.2 Å². The molecule has 0 amide bonds. The van der Waals surface area contributed by atoms with Crippen LogP contribution in [0.5, 0.6) is 5.75 Å². The molecule has 3 nitrogen and oxygen atoms in total. The predicted molar refractivity (Wildman–Crippen MR) is 114 cm³/mol. The van der Waals surface area contributed by atoms with Crippen LogP contribution in [0.15, 0.2) is 54.1 Å². The van der Waals surface area contributed by atoms with E-state index >= 15 is 0 Å². The highest BCUT2D eigenvalue weighted by atomic mass is 16.5. The molecule has 2 aromatic carbocycles. The van der Waals surface area contributed by atoms with Crippen LogP contribution in [0.4, 0.5) is 0 Å². The van der Waals surface area contributed by atoms with Crippen molar-refractivity contribution in [2.45, 2.75) is 58.3 Å². The fourth-order valence-electron chi connectivity index (χ4n) is 3.91. The smallest absolute Gasteiger partial charge is 0.303 e. The van der Waals surface area contributed by atoms with Crippen LogP contribution in [-0.2, 0) is 11.2 Å². The molecule has 0 bridgehead atoms. The second-order valence-corrected chi connectivity index (χ2v) is 7.64. The number of ether oxygens (including phenoxy) is 1. The SMILES string of the molecule is Cc1ccccc1C1=C(COc2ccc(CCCC(=O)O)cc2)CCCCC1. The van der Waals surface area contributed by atoms with Crippen molar-refractivity contribution < 1.29 is 14.6 Å². The Hall–Kier alpha value is -2.55. The fourth-order valence-corrected chi connectivity index (χ4v) is 3.91. The van der Waals surface area contributed by atoms with Gasteiger partial charge in [-0.15, -0.1) is 0 Å². The lowest BCUT2D eigenvalue weighted by molar-refractivity contribution is -0.137. The second kappa shape index (κ2) is 10.1. The van der Waals surface area contributed by atoms with Crippen LogP contribution in [0.1, 0.15) is 61.6 Å². The van der Waals surface area contributed by atoms with E-state index in [1.807, 2.05) is 24.3 Å². The number of carbonyl (C=O) groups is 1. The molecule has 3 rings (SSSR count). The van der Waals surface area contributed by atoms with Crippen molar-refractivity contribution >= 4 is 11.5 Å². The molecule has 1 aliphatic carbocycles. The molecule has 148 valence electrons. The van der Waals surface area contributed by atoms with E-state index < -0.39 is 5.97 Å². The first-order valence-corrected chi connectivity index (χ1v) is 10.3. The molecule has 1 N–H and O–H groups in total. The summed E-state index contributed by atoms with van der Waals surface area (Å²) in [5.74, 6) is 0.143. The van der Waals surface area contributed by atoms with E-state index in [0.29, 0.717) is 13.0 Å². The monoisotopic (exact) mass is 378 g/mol. The van der Waals surface area contributed by atoms with Gasteiger partial charge in [0.15, 0.2) is 0 Å². The Bertz CT molecular complexity index is 818. The number of carboxylic acids is 1. The van der Waals surface area contributed by atoms with Crippen LogP contribution in [-0.4, -0.2) is 17.7 Å². The third-order valence-corrected chi connectivity index (χ3v) is 5.49. The molecule has 0 heterocycles. The Morgan fingerprint density at radius 2 is 1.75 bits per heavy atom. The molecule has 1 aliphatic rings. The minimum atomic E-state index is -0.735. The van der Waals surface area contributed by atoms with E-state index in [-0.39, 0.29) is 6.42 Å². The summed E-state index contributed by atoms with van der Waals surface area (Å²) in [6, 6.07) is 16.7. The first-order chi connectivity index (χ1) is 13.6. The first-order valence-electron chi connectivity index (χ1n) is 10.3. The Labute approximate surface area is 168 Å². The van der Waals surface area contributed by atoms with Crippen molar-refractivity contribution in [2.24, 2.45) is 0 Å². The molecule has 0 atom stereocenters. The third kappa shape index (κ3) is 5.72. The van der Waals surface area contributed by atoms with Crippen molar-refractivity contribution in [1.29, 1.82) is 0 Å². The zero-order valence-corrected chi connectivity index (χ0v) is 16.7. The number of hydrogen-bond donors (Lipinski definition) is 1. The summed E-state index contributed by atoms with van der Waals surface area (Å²) in [7, 11) is 0. The highest BCUT2D eigenvalue weighted by Gasteiger charge is 2.15. The lowest BCUT2D eigenvalue weighted by Gasteiger charge is -2.16. The average Bonchev–Trinajstić information content (AvgIpc) is 2.93. The van der Waals surface area contributed by atoms with Crippen molar-refractivity contribution in [3.05, 3.63) is 70.8 Å². The highest BCUT2D eigenvalue weighted by molar-refractivity contribution is 5.71. The third-order valence-electron chi connectivity index (χ3n) is 5.49. The summed E-state index contributed by atoms with van der Waals surface area (Å²) in [6.07, 6.45) is 7.67. The van der Waals surface area contributed by atoms with Crippen LogP contribution in [0.3, 0.4) is 0 Å². The molecule has 3 heteroatoms. The fraction of sp³-hybridized carbons (Fsp3) is 0.400. The quantitative estimate of drug-likeness (QED) is 0.595. The molecule has 0 saturated carbocycles. The number of hydrogen-bond acceptors (Lipinski definition) is 2. The van der Waals surface area contributed by atoms with Gasteiger partial charge in [-0.25, -0.2) is 0 Å². The molecular formula is C25H30O3. The lowest BCUT2D eigenvalue weighted by atomic mass is 9.93. The second-order valence-electron chi connectivity index (χ2n) is 7.64. The van der Waals surface area contributed by atoms with Crippen molar-refractivity contribution in [2.75, 3.05) is 6.61 Å². The minimum absolute atomic E-state index is 0.216. The predicted octanol–water partition coefficient (Wildman–Crippen LogP) is 6.20. The summed E-state index contributed by atoms with van der Waals surface area (Å²) in [6.45, 7) is 2.83. The van der Waals surface area contributed by atoms with Crippen LogP contribution in [0.25, 0.3) is 5.57 Å². The number of allylic oxidation sites excluding steroid dienone is 1. The molecule has 0 unspecified atom stereocenters. The van der Waals surface area contributed by atoms with E-state index in [0.717, 1.165) is 30.6 Å². The molecule has 0 fully saturated rings. The molecule has 0 spiro atoms. The minimum Gasteiger partial charge on any atom is -0.489 e. The zero-order chi connectivity index (χ0) is 19.8. The first kappa shape index (κ1) is 20.2. The van der Waals surface area contributed by atoms with Crippen molar-refractivity contribution in [3.8, 4) is 5.75 Å². The average molecular weight is 379 g/mol. The van der Waals surface area contributed by atoms with E-state index in [1.165, 1.54) is 41.5 Å². The lowest BCUT2D eigenvalue weighted by Crippen LogP contribution is -2.05. The van der Waals surface area contributed by atoms with Gasteiger partial charge in [-0.3, -0.25) is 4.79 Å². The summed E-state index contributed by atoms with van der Waals surface area (Å²) in [5, 5.41) is 8.75. The molecule has 0 saturated heterocycles. The van der Waals surface area contributed by atoms with Gasteiger partial charge < -0.3 is 9.84 Å². The summed E-state index contributed by atoms with van der Waals surface area (Å²) >= 11 is 0. The van der Waals surface area contributed by atoms with Gasteiger partial charge in [-0.1, -0.05) is 42.8 Å². The van der Waals surface area contributed by atoms with E-state index in [1.54, 1.807) is 0 Å². The van der Waals surface area contributed by atoms with Crippen LogP contribution < -0.4 is 4.74 Å². The van der Waals surface area contributed by atoms with Gasteiger partial charge in [0.05, 0.1) is 0 Å². The van der Waals surface area contributed by atoms with Crippen LogP contribution in [0.2, 0.25) is 0 Å². The molecule has 28 heavy (non-hydrogen) atoms. The van der Waals surface area contributed by atoms with Crippen molar-refractivity contribution in [3.63, 3.8) is 0 Å². The van der Waals surface area contributed by atoms with Crippen LogP contribution in [0, 0.1) is 6.92 Å². The number of benzene rings is 2. The standard InChI is InChI=1S/C25H30O3/c1-19-8-5-6-11-23(19)24-12-4-2-3-10-21(24)18-28-22-16-14-20(15-17-22)9-7-13-25(26)27/h5-6,8,11,14-17H,2-4,7,9-10,12-13,18H2,1H3,(H,26,27). The Morgan fingerprint density at radius 3 is 2.50 bits per heavy atom. The van der Waals surface area contributed by atoms with Crippen LogP contribution >= 0.6 is 0 Å². The van der Waals surface area contributed by atoms with E-state index in [4.69, 9.17) is 9.84 Å². The molecule has 2 aromatic rings. The Morgan fingerprint density at radius 1 is 1.00 bits per heavy atom. The van der Waals surface area contributed by atoms with Gasteiger partial charge in [-0.2, -0.15) is 0 Å². The van der Waals surface area contributed by atoms with E-state index in [9.17, 15) is 4.79 Å². The van der Waals surface area contributed by atoms with Gasteiger partial charge in [0.25, 0.3) is 0 Å². The van der Waals surface area contributed by atoms with Gasteiger partial charge in [0.1, 0.15) is 12.4 Å². The van der Waals surface area contributed by atoms with Gasteiger partial charge in [-0.05, 0) is 85.4 Å². The van der Waals surface area contributed by atoms with Gasteiger partial charge in [0, 0.05) is 6.42 Å². The highest BCUT2D eigenvalue weighted by Crippen LogP contribution is 2.33. The van der Waals surface area contributed by atoms with Gasteiger partial charge in [0.2, 0.25) is 0 Å².